The third-order valence-electron chi connectivity index (χ3n) is 5.65. The second kappa shape index (κ2) is 7.54. The molecule has 2 aromatic rings. The Kier molecular flexibility index (Phi) is 4.94. The van der Waals surface area contributed by atoms with Crippen LogP contribution >= 0.6 is 0 Å². The second-order valence-electron chi connectivity index (χ2n) is 7.19. The number of hydrogen-bond donors (Lipinski definition) is 1. The Hall–Kier alpha value is -3.02. The van der Waals surface area contributed by atoms with E-state index in [4.69, 9.17) is 9.47 Å². The zero-order valence-electron chi connectivity index (χ0n) is 16.1. The zero-order valence-corrected chi connectivity index (χ0v) is 16.1. The summed E-state index contributed by atoms with van der Waals surface area (Å²) >= 11 is 0. The number of nitrogens with zero attached hydrogens (tertiary/aromatic N) is 1. The van der Waals surface area contributed by atoms with Crippen molar-refractivity contribution in [2.75, 3.05) is 26.1 Å². The van der Waals surface area contributed by atoms with Crippen LogP contribution in [0.5, 0.6) is 11.5 Å². The van der Waals surface area contributed by atoms with Crippen molar-refractivity contribution >= 4 is 17.5 Å². The first-order valence-corrected chi connectivity index (χ1v) is 9.57. The highest BCUT2D eigenvalue weighted by Crippen LogP contribution is 2.39. The van der Waals surface area contributed by atoms with E-state index in [1.165, 1.54) is 0 Å². The highest BCUT2D eigenvalue weighted by Gasteiger charge is 2.43. The number of carbonyl (C=O) groups is 2. The lowest BCUT2D eigenvalue weighted by atomic mass is 9.78. The number of benzene rings is 2. The molecule has 0 spiro atoms. The minimum atomic E-state index is -0.387. The Morgan fingerprint density at radius 1 is 1.07 bits per heavy atom. The van der Waals surface area contributed by atoms with Crippen molar-refractivity contribution in [2.24, 2.45) is 0 Å². The number of fused-ring (bicyclic) bond motifs is 2. The molecule has 1 fully saturated rings. The first-order chi connectivity index (χ1) is 13.6. The van der Waals surface area contributed by atoms with Gasteiger partial charge < -0.3 is 19.7 Å². The van der Waals surface area contributed by atoms with Gasteiger partial charge in [0.05, 0.1) is 20.1 Å². The highest BCUT2D eigenvalue weighted by atomic mass is 16.5. The van der Waals surface area contributed by atoms with Gasteiger partial charge in [-0.1, -0.05) is 18.2 Å². The number of amides is 2. The van der Waals surface area contributed by atoms with Crippen molar-refractivity contribution in [1.29, 1.82) is 0 Å². The van der Waals surface area contributed by atoms with Crippen LogP contribution in [0.4, 0.5) is 5.69 Å². The zero-order chi connectivity index (χ0) is 19.7. The lowest BCUT2D eigenvalue weighted by Crippen LogP contribution is -2.53. The first kappa shape index (κ1) is 18.3. The molecule has 4 rings (SSSR count). The monoisotopic (exact) mass is 380 g/mol. The van der Waals surface area contributed by atoms with Crippen LogP contribution in [0.15, 0.2) is 42.5 Å². The minimum Gasteiger partial charge on any atom is -0.493 e. The van der Waals surface area contributed by atoms with E-state index in [1.54, 1.807) is 32.4 Å². The summed E-state index contributed by atoms with van der Waals surface area (Å²) in [6, 6.07) is 12.7. The summed E-state index contributed by atoms with van der Waals surface area (Å²) in [6.07, 6.45) is 2.84. The van der Waals surface area contributed by atoms with Crippen molar-refractivity contribution in [2.45, 2.75) is 31.2 Å². The van der Waals surface area contributed by atoms with Crippen LogP contribution < -0.4 is 14.8 Å². The molecule has 146 valence electrons. The fraction of sp³-hybridized carbons (Fsp3) is 0.364. The maximum absolute atomic E-state index is 13.3. The fourth-order valence-corrected chi connectivity index (χ4v) is 4.33. The number of rotatable bonds is 4. The van der Waals surface area contributed by atoms with E-state index < -0.39 is 0 Å². The van der Waals surface area contributed by atoms with E-state index in [0.29, 0.717) is 29.3 Å². The van der Waals surface area contributed by atoms with E-state index in [0.717, 1.165) is 24.8 Å². The lowest BCUT2D eigenvalue weighted by molar-refractivity contribution is -0.119. The molecule has 6 heteroatoms. The van der Waals surface area contributed by atoms with Crippen molar-refractivity contribution in [3.05, 3.63) is 53.6 Å². The van der Waals surface area contributed by atoms with Gasteiger partial charge in [0.1, 0.15) is 0 Å². The Balaban J connectivity index is 1.67. The van der Waals surface area contributed by atoms with Gasteiger partial charge in [0, 0.05) is 29.9 Å². The SMILES string of the molecule is COc1ccc(NC(=O)[C@@H]2c3ccccc3C(=O)N3CCCC[C@@H]23)cc1OC. The normalized spacial score (nSPS) is 20.8. The number of piperidine rings is 1. The van der Waals surface area contributed by atoms with Crippen LogP contribution in [0.1, 0.15) is 41.1 Å². The van der Waals surface area contributed by atoms with Crippen molar-refractivity contribution < 1.29 is 19.1 Å². The Bertz CT molecular complexity index is 911. The summed E-state index contributed by atoms with van der Waals surface area (Å²) in [6.45, 7) is 0.706. The predicted octanol–water partition coefficient (Wildman–Crippen LogP) is 3.43. The Morgan fingerprint density at radius 2 is 1.86 bits per heavy atom. The number of methoxy groups -OCH3 is 2. The summed E-state index contributed by atoms with van der Waals surface area (Å²) in [7, 11) is 3.14. The van der Waals surface area contributed by atoms with Gasteiger partial charge in [-0.25, -0.2) is 0 Å². The third-order valence-corrected chi connectivity index (χ3v) is 5.65. The third kappa shape index (κ3) is 3.09. The summed E-state index contributed by atoms with van der Waals surface area (Å²) < 4.78 is 10.6. The standard InChI is InChI=1S/C22H24N2O4/c1-27-18-11-10-14(13-19(18)28-2)23-21(25)20-15-7-3-4-8-16(15)22(26)24-12-6-5-9-17(20)24/h3-4,7-8,10-11,13,17,20H,5-6,9,12H2,1-2H3,(H,23,25)/t17-,20+/m0/s1. The predicted molar refractivity (Wildman–Crippen MR) is 106 cm³/mol. The molecule has 1 saturated heterocycles. The molecule has 2 aliphatic heterocycles. The topological polar surface area (TPSA) is 67.9 Å². The molecule has 2 heterocycles. The molecular formula is C22H24N2O4. The molecule has 1 N–H and O–H groups in total. The lowest BCUT2D eigenvalue weighted by Gasteiger charge is -2.44. The minimum absolute atomic E-state index is 0.0375. The molecule has 0 radical (unpaired) electrons. The van der Waals surface area contributed by atoms with E-state index in [2.05, 4.69) is 5.32 Å². The first-order valence-electron chi connectivity index (χ1n) is 9.57. The summed E-state index contributed by atoms with van der Waals surface area (Å²) in [4.78, 5) is 28.1. The Morgan fingerprint density at radius 3 is 2.64 bits per heavy atom. The summed E-state index contributed by atoms with van der Waals surface area (Å²) in [5.41, 5.74) is 2.08. The number of ether oxygens (including phenoxy) is 2. The molecule has 28 heavy (non-hydrogen) atoms. The quantitative estimate of drug-likeness (QED) is 0.882. The number of nitrogens with one attached hydrogen (secondary N) is 1. The van der Waals surface area contributed by atoms with Gasteiger partial charge in [0.15, 0.2) is 11.5 Å². The van der Waals surface area contributed by atoms with Gasteiger partial charge in [-0.05, 0) is 43.0 Å². The van der Waals surface area contributed by atoms with Crippen LogP contribution in [0.3, 0.4) is 0 Å². The molecule has 2 amide bonds. The molecule has 2 aliphatic rings. The maximum Gasteiger partial charge on any atom is 0.254 e. The van der Waals surface area contributed by atoms with Gasteiger partial charge in [-0.3, -0.25) is 9.59 Å². The van der Waals surface area contributed by atoms with Gasteiger partial charge >= 0.3 is 0 Å². The largest absolute Gasteiger partial charge is 0.493 e. The van der Waals surface area contributed by atoms with Crippen LogP contribution in [0.25, 0.3) is 0 Å². The molecule has 0 aliphatic carbocycles. The Labute approximate surface area is 164 Å². The summed E-state index contributed by atoms with van der Waals surface area (Å²) in [5, 5.41) is 3.01. The number of hydrogen-bond acceptors (Lipinski definition) is 4. The molecule has 0 bridgehead atoms. The van der Waals surface area contributed by atoms with E-state index in [1.807, 2.05) is 29.2 Å². The molecule has 2 atom stereocenters. The van der Waals surface area contributed by atoms with Gasteiger partial charge in [-0.15, -0.1) is 0 Å². The molecule has 0 saturated carbocycles. The number of carbonyl (C=O) groups excluding carboxylic acids is 2. The van der Waals surface area contributed by atoms with Gasteiger partial charge in [0.25, 0.3) is 5.91 Å². The van der Waals surface area contributed by atoms with Gasteiger partial charge in [-0.2, -0.15) is 0 Å². The molecule has 0 unspecified atom stereocenters. The second-order valence-corrected chi connectivity index (χ2v) is 7.19. The fourth-order valence-electron chi connectivity index (χ4n) is 4.33. The average Bonchev–Trinajstić information content (AvgIpc) is 2.74. The highest BCUT2D eigenvalue weighted by molar-refractivity contribution is 6.04. The van der Waals surface area contributed by atoms with Crippen LogP contribution in [-0.4, -0.2) is 43.5 Å². The maximum atomic E-state index is 13.3. The average molecular weight is 380 g/mol. The molecular weight excluding hydrogens is 356 g/mol. The van der Waals surface area contributed by atoms with Crippen molar-refractivity contribution in [1.82, 2.24) is 4.90 Å². The van der Waals surface area contributed by atoms with Gasteiger partial charge in [0.2, 0.25) is 5.91 Å². The smallest absolute Gasteiger partial charge is 0.254 e. The van der Waals surface area contributed by atoms with Crippen LogP contribution in [0, 0.1) is 0 Å². The molecule has 0 aromatic heterocycles. The van der Waals surface area contributed by atoms with Crippen molar-refractivity contribution in [3.63, 3.8) is 0 Å². The summed E-state index contributed by atoms with van der Waals surface area (Å²) in [5.74, 6) is 0.702. The molecule has 2 aromatic carbocycles. The van der Waals surface area contributed by atoms with E-state index in [9.17, 15) is 9.59 Å². The van der Waals surface area contributed by atoms with Crippen LogP contribution in [0.2, 0.25) is 0 Å². The van der Waals surface area contributed by atoms with E-state index in [-0.39, 0.29) is 23.8 Å². The molecule has 6 nitrogen and oxygen atoms in total. The van der Waals surface area contributed by atoms with E-state index >= 15 is 0 Å². The van der Waals surface area contributed by atoms with Crippen LogP contribution in [-0.2, 0) is 4.79 Å². The van der Waals surface area contributed by atoms with Crippen molar-refractivity contribution in [3.8, 4) is 11.5 Å². The number of anilines is 1.